The van der Waals surface area contributed by atoms with Crippen molar-refractivity contribution >= 4 is 49.9 Å². The van der Waals surface area contributed by atoms with E-state index in [1.807, 2.05) is 12.1 Å². The molecule has 4 aromatic rings. The summed E-state index contributed by atoms with van der Waals surface area (Å²) in [6.07, 6.45) is 3.02. The van der Waals surface area contributed by atoms with Gasteiger partial charge in [-0.15, -0.1) is 10.2 Å². The predicted molar refractivity (Wildman–Crippen MR) is 126 cm³/mol. The molecule has 0 spiro atoms. The number of nitro groups is 1. The van der Waals surface area contributed by atoms with E-state index >= 15 is 0 Å². The zero-order valence-electron chi connectivity index (χ0n) is 16.6. The number of hydrazone groups is 1. The molecule has 4 rings (SSSR count). The molecule has 0 unspecified atom stereocenters. The second-order valence-corrected chi connectivity index (χ2v) is 8.24. The van der Waals surface area contributed by atoms with Gasteiger partial charge in [-0.2, -0.15) is 5.10 Å². The molecule has 33 heavy (non-hydrogen) atoms. The molecule has 0 aliphatic rings. The molecular formula is C21H13BrN6O4S. The highest BCUT2D eigenvalue weighted by atomic mass is 79.9. The minimum atomic E-state index is -0.495. The number of nitrogens with one attached hydrogen (secondary N) is 1. The lowest BCUT2D eigenvalue weighted by molar-refractivity contribution is -0.384. The smallest absolute Gasteiger partial charge is 0.283 e. The number of thioether (sulfide) groups is 1. The number of nitrogens with zero attached hydrogens (tertiary/aromatic N) is 5. The average molecular weight is 525 g/mol. The van der Waals surface area contributed by atoms with Crippen molar-refractivity contribution in [3.63, 3.8) is 0 Å². The molecule has 2 heterocycles. The van der Waals surface area contributed by atoms with Crippen LogP contribution in [0.1, 0.15) is 10.4 Å². The zero-order chi connectivity index (χ0) is 23.2. The van der Waals surface area contributed by atoms with Crippen LogP contribution in [0.5, 0.6) is 0 Å². The number of ketones is 1. The quantitative estimate of drug-likeness (QED) is 0.0862. The molecule has 0 aliphatic carbocycles. The van der Waals surface area contributed by atoms with Gasteiger partial charge in [-0.3, -0.25) is 25.3 Å². The van der Waals surface area contributed by atoms with Crippen molar-refractivity contribution in [2.75, 3.05) is 5.43 Å². The number of rotatable bonds is 7. The maximum Gasteiger partial charge on any atom is 0.283 e. The summed E-state index contributed by atoms with van der Waals surface area (Å²) in [6.45, 7) is 0. The third-order valence-corrected chi connectivity index (χ3v) is 5.52. The van der Waals surface area contributed by atoms with Crippen molar-refractivity contribution in [1.82, 2.24) is 15.2 Å². The molecule has 0 amide bonds. The van der Waals surface area contributed by atoms with Gasteiger partial charge in [0.1, 0.15) is 0 Å². The van der Waals surface area contributed by atoms with Crippen LogP contribution in [0.3, 0.4) is 0 Å². The summed E-state index contributed by atoms with van der Waals surface area (Å²) in [5.74, 6) is -0.203. The van der Waals surface area contributed by atoms with E-state index < -0.39 is 4.92 Å². The largest absolute Gasteiger partial charge is 0.411 e. The van der Waals surface area contributed by atoms with E-state index in [0.29, 0.717) is 16.8 Å². The lowest BCUT2D eigenvalue weighted by Crippen LogP contribution is -2.13. The number of nitro benzene ring substituents is 1. The van der Waals surface area contributed by atoms with E-state index in [0.717, 1.165) is 16.2 Å². The van der Waals surface area contributed by atoms with Gasteiger partial charge in [-0.05, 0) is 60.3 Å². The molecule has 0 saturated carbocycles. The van der Waals surface area contributed by atoms with Crippen LogP contribution in [0.4, 0.5) is 11.4 Å². The predicted octanol–water partition coefficient (Wildman–Crippen LogP) is 5.20. The van der Waals surface area contributed by atoms with Crippen LogP contribution in [0, 0.1) is 10.1 Å². The summed E-state index contributed by atoms with van der Waals surface area (Å²) in [4.78, 5) is 27.3. The van der Waals surface area contributed by atoms with Gasteiger partial charge in [-0.1, -0.05) is 15.9 Å². The Bertz CT molecular complexity index is 1310. The number of hydrogen-bond acceptors (Lipinski definition) is 10. The summed E-state index contributed by atoms with van der Waals surface area (Å²) in [6, 6.07) is 16.1. The Morgan fingerprint density at radius 2 is 1.73 bits per heavy atom. The molecule has 1 N–H and O–H groups in total. The minimum Gasteiger partial charge on any atom is -0.411 e. The highest BCUT2D eigenvalue weighted by Gasteiger charge is 2.20. The normalized spacial score (nSPS) is 11.2. The topological polar surface area (TPSA) is 136 Å². The van der Waals surface area contributed by atoms with Gasteiger partial charge in [0.25, 0.3) is 10.9 Å². The summed E-state index contributed by atoms with van der Waals surface area (Å²) >= 11 is 4.26. The number of halogens is 1. The van der Waals surface area contributed by atoms with Crippen LogP contribution >= 0.6 is 27.7 Å². The molecule has 2 aromatic carbocycles. The Balaban J connectivity index is 1.58. The third kappa shape index (κ3) is 5.67. The number of hydrogen-bond donors (Lipinski definition) is 1. The Kier molecular flexibility index (Phi) is 6.86. The molecule has 0 radical (unpaired) electrons. The Morgan fingerprint density at radius 1 is 1.03 bits per heavy atom. The first-order valence-corrected chi connectivity index (χ1v) is 10.9. The zero-order valence-corrected chi connectivity index (χ0v) is 19.0. The Hall–Kier alpha value is -3.90. The van der Waals surface area contributed by atoms with Gasteiger partial charge in [0, 0.05) is 40.1 Å². The Morgan fingerprint density at radius 3 is 2.39 bits per heavy atom. The van der Waals surface area contributed by atoms with Gasteiger partial charge < -0.3 is 4.42 Å². The molecular weight excluding hydrogens is 512 g/mol. The lowest BCUT2D eigenvalue weighted by Gasteiger charge is -2.05. The highest BCUT2D eigenvalue weighted by molar-refractivity contribution is 9.10. The van der Waals surface area contributed by atoms with E-state index in [4.69, 9.17) is 4.42 Å². The second kappa shape index (κ2) is 10.1. The van der Waals surface area contributed by atoms with Crippen molar-refractivity contribution in [1.29, 1.82) is 0 Å². The number of carbonyl (C=O) groups is 1. The number of anilines is 1. The van der Waals surface area contributed by atoms with Crippen molar-refractivity contribution in [2.24, 2.45) is 5.10 Å². The molecule has 164 valence electrons. The third-order valence-electron chi connectivity index (χ3n) is 4.18. The van der Waals surface area contributed by atoms with Crippen LogP contribution in [-0.4, -0.2) is 30.9 Å². The maximum absolute atomic E-state index is 13.0. The number of carbonyl (C=O) groups excluding carboxylic acids is 1. The summed E-state index contributed by atoms with van der Waals surface area (Å²) in [5.41, 5.74) is 4.38. The average Bonchev–Trinajstić information content (AvgIpc) is 3.31. The van der Waals surface area contributed by atoms with E-state index in [1.165, 1.54) is 36.7 Å². The van der Waals surface area contributed by atoms with E-state index in [9.17, 15) is 14.9 Å². The number of benzene rings is 2. The molecule has 12 heteroatoms. The number of pyridine rings is 1. The summed E-state index contributed by atoms with van der Waals surface area (Å²) in [5, 5.41) is 23.2. The number of non-ortho nitro benzene ring substituents is 1. The van der Waals surface area contributed by atoms with Crippen LogP contribution in [0.25, 0.3) is 11.5 Å². The standard InChI is InChI=1S/C21H13BrN6O4S/c22-15-3-5-16(6-4-15)24-26-20(18(29)13-9-11-23-12-10-13)33-21-27-25-19(32-21)14-1-7-17(8-2-14)28(30)31/h1-12,24H/b26-20-. The summed E-state index contributed by atoms with van der Waals surface area (Å²) < 4.78 is 6.55. The second-order valence-electron chi connectivity index (χ2n) is 6.38. The van der Waals surface area contributed by atoms with Crippen LogP contribution < -0.4 is 5.43 Å². The van der Waals surface area contributed by atoms with Crippen molar-refractivity contribution in [3.8, 4) is 11.5 Å². The molecule has 2 aromatic heterocycles. The monoisotopic (exact) mass is 524 g/mol. The summed E-state index contributed by atoms with van der Waals surface area (Å²) in [7, 11) is 0. The van der Waals surface area contributed by atoms with Gasteiger partial charge >= 0.3 is 0 Å². The van der Waals surface area contributed by atoms with Crippen LogP contribution in [-0.2, 0) is 0 Å². The van der Waals surface area contributed by atoms with Gasteiger partial charge in [0.05, 0.1) is 10.6 Å². The first-order valence-electron chi connectivity index (χ1n) is 9.30. The Labute approximate surface area is 199 Å². The number of Topliss-reactive ketones (excluding diaryl/α,β-unsaturated/α-hetero) is 1. The van der Waals surface area contributed by atoms with Crippen molar-refractivity contribution in [2.45, 2.75) is 5.22 Å². The molecule has 0 aliphatic heterocycles. The fourth-order valence-electron chi connectivity index (χ4n) is 2.56. The first kappa shape index (κ1) is 22.3. The van der Waals surface area contributed by atoms with Gasteiger partial charge in [-0.25, -0.2) is 0 Å². The molecule has 0 atom stereocenters. The minimum absolute atomic E-state index is 0.0516. The van der Waals surface area contributed by atoms with Crippen LogP contribution in [0.2, 0.25) is 0 Å². The van der Waals surface area contributed by atoms with Crippen molar-refractivity contribution in [3.05, 3.63) is 93.2 Å². The SMILES string of the molecule is O=C(/C(=N/Nc1ccc(Br)cc1)Sc1nnc(-c2ccc([N+](=O)[O-])cc2)o1)c1ccncc1. The highest BCUT2D eigenvalue weighted by Crippen LogP contribution is 2.27. The van der Waals surface area contributed by atoms with E-state index in [-0.39, 0.29) is 27.6 Å². The van der Waals surface area contributed by atoms with Crippen LogP contribution in [0.15, 0.2) is 92.3 Å². The van der Waals surface area contributed by atoms with Crippen molar-refractivity contribution < 1.29 is 14.1 Å². The fraction of sp³-hybridized carbons (Fsp3) is 0. The van der Waals surface area contributed by atoms with Gasteiger partial charge in [0.15, 0.2) is 5.04 Å². The lowest BCUT2D eigenvalue weighted by atomic mass is 10.2. The molecule has 10 nitrogen and oxygen atoms in total. The maximum atomic E-state index is 13.0. The molecule has 0 saturated heterocycles. The number of aromatic nitrogens is 3. The van der Waals surface area contributed by atoms with E-state index in [2.05, 4.69) is 41.6 Å². The molecule has 0 fully saturated rings. The molecule has 0 bridgehead atoms. The van der Waals surface area contributed by atoms with E-state index in [1.54, 1.807) is 24.3 Å². The fourth-order valence-corrected chi connectivity index (χ4v) is 3.50. The first-order chi connectivity index (χ1) is 16.0. The van der Waals surface area contributed by atoms with Gasteiger partial charge in [0.2, 0.25) is 11.7 Å².